The summed E-state index contributed by atoms with van der Waals surface area (Å²) in [5, 5.41) is 2.67. The third kappa shape index (κ3) is 3.92. The van der Waals surface area contributed by atoms with Gasteiger partial charge in [0.1, 0.15) is 5.75 Å². The van der Waals surface area contributed by atoms with E-state index in [2.05, 4.69) is 5.32 Å². The number of hydrogen-bond acceptors (Lipinski definition) is 3. The lowest BCUT2D eigenvalue weighted by Crippen LogP contribution is -2.07. The van der Waals surface area contributed by atoms with Crippen molar-refractivity contribution in [2.24, 2.45) is 0 Å². The number of para-hydroxylation sites is 1. The van der Waals surface area contributed by atoms with Crippen molar-refractivity contribution in [2.45, 2.75) is 13.3 Å². The van der Waals surface area contributed by atoms with Crippen LogP contribution in [0.15, 0.2) is 48.5 Å². The van der Waals surface area contributed by atoms with Gasteiger partial charge in [-0.05, 0) is 30.3 Å². The van der Waals surface area contributed by atoms with Crippen molar-refractivity contribution in [3.8, 4) is 5.75 Å². The number of carbonyl (C=O) groups excluding carboxylic acids is 2. The number of amides is 1. The highest BCUT2D eigenvalue weighted by Crippen LogP contribution is 2.20. The molecule has 0 aliphatic rings. The van der Waals surface area contributed by atoms with Gasteiger partial charge in [0.15, 0.2) is 5.78 Å². The minimum atomic E-state index is -0.136. The van der Waals surface area contributed by atoms with Gasteiger partial charge in [0, 0.05) is 30.2 Å². The summed E-state index contributed by atoms with van der Waals surface area (Å²) in [6, 6.07) is 14.3. The van der Waals surface area contributed by atoms with Crippen LogP contribution in [0.1, 0.15) is 22.8 Å². The van der Waals surface area contributed by atoms with Gasteiger partial charge in [-0.15, -0.1) is 0 Å². The average Bonchev–Trinajstić information content (AvgIpc) is 2.48. The van der Waals surface area contributed by atoms with Gasteiger partial charge < -0.3 is 10.1 Å². The zero-order valence-electron chi connectivity index (χ0n) is 12.1. The third-order valence-corrected chi connectivity index (χ3v) is 3.07. The molecular formula is C17H17NO3. The van der Waals surface area contributed by atoms with Crippen LogP contribution in [0.5, 0.6) is 5.75 Å². The van der Waals surface area contributed by atoms with E-state index in [1.54, 1.807) is 31.4 Å². The topological polar surface area (TPSA) is 55.4 Å². The Hall–Kier alpha value is -2.62. The smallest absolute Gasteiger partial charge is 0.221 e. The largest absolute Gasteiger partial charge is 0.496 e. The summed E-state index contributed by atoms with van der Waals surface area (Å²) in [6.07, 6.45) is 0.281. The molecule has 4 heteroatoms. The van der Waals surface area contributed by atoms with Gasteiger partial charge in [0.2, 0.25) is 5.91 Å². The van der Waals surface area contributed by atoms with E-state index in [1.807, 2.05) is 24.3 Å². The molecule has 0 fully saturated rings. The molecule has 0 unspecified atom stereocenters. The van der Waals surface area contributed by atoms with Gasteiger partial charge in [-0.2, -0.15) is 0 Å². The van der Waals surface area contributed by atoms with Crippen molar-refractivity contribution < 1.29 is 14.3 Å². The summed E-state index contributed by atoms with van der Waals surface area (Å²) in [4.78, 5) is 23.2. The molecule has 4 nitrogen and oxygen atoms in total. The van der Waals surface area contributed by atoms with E-state index in [4.69, 9.17) is 4.74 Å². The first kappa shape index (κ1) is 14.8. The van der Waals surface area contributed by atoms with Crippen LogP contribution in [0, 0.1) is 0 Å². The Balaban J connectivity index is 2.11. The molecule has 0 aromatic heterocycles. The minimum absolute atomic E-state index is 0.00822. The quantitative estimate of drug-likeness (QED) is 0.858. The lowest BCUT2D eigenvalue weighted by molar-refractivity contribution is -0.114. The van der Waals surface area contributed by atoms with Crippen molar-refractivity contribution >= 4 is 17.4 Å². The molecule has 0 radical (unpaired) electrons. The molecule has 0 saturated carbocycles. The molecule has 1 amide bonds. The van der Waals surface area contributed by atoms with Gasteiger partial charge in [0.25, 0.3) is 0 Å². The monoisotopic (exact) mass is 283 g/mol. The maximum Gasteiger partial charge on any atom is 0.221 e. The van der Waals surface area contributed by atoms with E-state index < -0.39 is 0 Å². The molecule has 0 atom stereocenters. The molecular weight excluding hydrogens is 266 g/mol. The molecule has 0 spiro atoms. The number of methoxy groups -OCH3 is 1. The summed E-state index contributed by atoms with van der Waals surface area (Å²) in [5.74, 6) is 0.581. The van der Waals surface area contributed by atoms with E-state index in [0.29, 0.717) is 17.0 Å². The first-order valence-electron chi connectivity index (χ1n) is 6.63. The number of ether oxygens (including phenoxy) is 1. The Morgan fingerprint density at radius 3 is 2.33 bits per heavy atom. The van der Waals surface area contributed by atoms with E-state index in [9.17, 15) is 9.59 Å². The molecule has 21 heavy (non-hydrogen) atoms. The highest BCUT2D eigenvalue weighted by Gasteiger charge is 2.10. The number of hydrogen-bond donors (Lipinski definition) is 1. The Morgan fingerprint density at radius 2 is 1.71 bits per heavy atom. The van der Waals surface area contributed by atoms with Crippen LogP contribution in [-0.4, -0.2) is 18.8 Å². The summed E-state index contributed by atoms with van der Waals surface area (Å²) in [7, 11) is 1.59. The van der Waals surface area contributed by atoms with Gasteiger partial charge in [-0.3, -0.25) is 9.59 Å². The lowest BCUT2D eigenvalue weighted by Gasteiger charge is -2.08. The number of nitrogens with one attached hydrogen (secondary N) is 1. The first-order valence-corrected chi connectivity index (χ1v) is 6.63. The number of rotatable bonds is 5. The summed E-state index contributed by atoms with van der Waals surface area (Å²) < 4.78 is 5.25. The number of Topliss-reactive ketones (excluding diaryl/α,β-unsaturated/α-hetero) is 1. The number of anilines is 1. The Bertz CT molecular complexity index is 647. The van der Waals surface area contributed by atoms with Gasteiger partial charge in [-0.1, -0.05) is 18.2 Å². The molecule has 2 aromatic rings. The van der Waals surface area contributed by atoms with Gasteiger partial charge >= 0.3 is 0 Å². The summed E-state index contributed by atoms with van der Waals surface area (Å²) in [6.45, 7) is 1.45. The van der Waals surface area contributed by atoms with Gasteiger partial charge in [-0.25, -0.2) is 0 Å². The summed E-state index contributed by atoms with van der Waals surface area (Å²) in [5.41, 5.74) is 2.14. The fourth-order valence-corrected chi connectivity index (χ4v) is 2.07. The first-order chi connectivity index (χ1) is 10.1. The molecule has 0 aliphatic heterocycles. The van der Waals surface area contributed by atoms with Crippen LogP contribution in [0.2, 0.25) is 0 Å². The second kappa shape index (κ2) is 6.70. The van der Waals surface area contributed by atoms with Crippen molar-refractivity contribution in [2.75, 3.05) is 12.4 Å². The molecule has 0 bridgehead atoms. The average molecular weight is 283 g/mol. The number of carbonyl (C=O) groups is 2. The second-order valence-electron chi connectivity index (χ2n) is 4.67. The second-order valence-corrected chi connectivity index (χ2v) is 4.67. The third-order valence-electron chi connectivity index (χ3n) is 3.07. The Labute approximate surface area is 123 Å². The van der Waals surface area contributed by atoms with Crippen molar-refractivity contribution in [3.63, 3.8) is 0 Å². The Morgan fingerprint density at radius 1 is 1.05 bits per heavy atom. The van der Waals surface area contributed by atoms with Crippen LogP contribution < -0.4 is 10.1 Å². The van der Waals surface area contributed by atoms with Crippen LogP contribution in [0.4, 0.5) is 5.69 Å². The normalized spacial score (nSPS) is 10.0. The molecule has 0 aliphatic carbocycles. The SMILES string of the molecule is COc1ccccc1CC(=O)c1ccc(NC(C)=O)cc1. The predicted octanol–water partition coefficient (Wildman–Crippen LogP) is 3.08. The molecule has 0 heterocycles. The molecule has 0 saturated heterocycles. The molecule has 1 N–H and O–H groups in total. The van der Waals surface area contributed by atoms with Crippen LogP contribution >= 0.6 is 0 Å². The number of ketones is 1. The minimum Gasteiger partial charge on any atom is -0.496 e. The molecule has 2 rings (SSSR count). The van der Waals surface area contributed by atoms with Crippen molar-refractivity contribution in [1.29, 1.82) is 0 Å². The highest BCUT2D eigenvalue weighted by atomic mass is 16.5. The fraction of sp³-hybridized carbons (Fsp3) is 0.176. The maximum atomic E-state index is 12.3. The maximum absolute atomic E-state index is 12.3. The standard InChI is InChI=1S/C17H17NO3/c1-12(19)18-15-9-7-13(8-10-15)16(20)11-14-5-3-4-6-17(14)21-2/h3-10H,11H2,1-2H3,(H,18,19). The van der Waals surface area contributed by atoms with Crippen LogP contribution in [-0.2, 0) is 11.2 Å². The number of benzene rings is 2. The van der Waals surface area contributed by atoms with Crippen molar-refractivity contribution in [1.82, 2.24) is 0 Å². The summed E-state index contributed by atoms with van der Waals surface area (Å²) >= 11 is 0. The van der Waals surface area contributed by atoms with E-state index >= 15 is 0 Å². The Kier molecular flexibility index (Phi) is 4.72. The van der Waals surface area contributed by atoms with Gasteiger partial charge in [0.05, 0.1) is 7.11 Å². The zero-order valence-corrected chi connectivity index (χ0v) is 12.1. The van der Waals surface area contributed by atoms with Crippen molar-refractivity contribution in [3.05, 3.63) is 59.7 Å². The fourth-order valence-electron chi connectivity index (χ4n) is 2.07. The predicted molar refractivity (Wildman–Crippen MR) is 81.8 cm³/mol. The van der Waals surface area contributed by atoms with E-state index in [1.165, 1.54) is 6.92 Å². The molecule has 108 valence electrons. The van der Waals surface area contributed by atoms with E-state index in [-0.39, 0.29) is 18.1 Å². The lowest BCUT2D eigenvalue weighted by atomic mass is 10.0. The highest BCUT2D eigenvalue weighted by molar-refractivity contribution is 5.98. The van der Waals surface area contributed by atoms with E-state index in [0.717, 1.165) is 5.56 Å². The van der Waals surface area contributed by atoms with Crippen LogP contribution in [0.3, 0.4) is 0 Å². The van der Waals surface area contributed by atoms with Crippen LogP contribution in [0.25, 0.3) is 0 Å². The molecule has 2 aromatic carbocycles. The zero-order chi connectivity index (χ0) is 15.2.